The monoisotopic (exact) mass is 225 g/mol. The van der Waals surface area contributed by atoms with Crippen LogP contribution in [0.25, 0.3) is 0 Å². The number of alkyl halides is 1. The maximum absolute atomic E-state index is 5.70. The van der Waals surface area contributed by atoms with Crippen LogP contribution in [0.4, 0.5) is 5.95 Å². The highest BCUT2D eigenvalue weighted by molar-refractivity contribution is 6.17. The fraction of sp³-hybridized carbons (Fsp3) is 0.636. The van der Waals surface area contributed by atoms with E-state index in [0.717, 1.165) is 18.1 Å². The quantitative estimate of drug-likeness (QED) is 0.725. The molecule has 0 bridgehead atoms. The summed E-state index contributed by atoms with van der Waals surface area (Å²) >= 11 is 5.70. The lowest BCUT2D eigenvalue weighted by atomic mass is 10.0. The molecule has 1 aliphatic heterocycles. The van der Waals surface area contributed by atoms with Crippen molar-refractivity contribution >= 4 is 17.5 Å². The van der Waals surface area contributed by atoms with Crippen molar-refractivity contribution in [1.82, 2.24) is 9.97 Å². The molecule has 0 unspecified atom stereocenters. The molecule has 0 aliphatic carbocycles. The largest absolute Gasteiger partial charge is 0.336 e. The average molecular weight is 226 g/mol. The summed E-state index contributed by atoms with van der Waals surface area (Å²) in [7, 11) is 0. The van der Waals surface area contributed by atoms with Gasteiger partial charge in [-0.05, 0) is 26.7 Å². The van der Waals surface area contributed by atoms with Crippen LogP contribution in [0.2, 0.25) is 0 Å². The van der Waals surface area contributed by atoms with Gasteiger partial charge in [0.25, 0.3) is 0 Å². The van der Waals surface area contributed by atoms with Crippen LogP contribution in [-0.2, 0) is 5.88 Å². The predicted molar refractivity (Wildman–Crippen MR) is 62.2 cm³/mol. The van der Waals surface area contributed by atoms with E-state index in [1.165, 1.54) is 12.8 Å². The molecular weight excluding hydrogens is 210 g/mol. The average Bonchev–Trinajstić information content (AvgIpc) is 2.58. The SMILES string of the molecule is CC1(C)CCCN1c1ncc(CCl)cn1. The van der Waals surface area contributed by atoms with Crippen molar-refractivity contribution < 1.29 is 0 Å². The Morgan fingerprint density at radius 1 is 1.40 bits per heavy atom. The summed E-state index contributed by atoms with van der Waals surface area (Å²) in [6.45, 7) is 5.52. The molecule has 1 fully saturated rings. The van der Waals surface area contributed by atoms with Gasteiger partial charge >= 0.3 is 0 Å². The van der Waals surface area contributed by atoms with E-state index >= 15 is 0 Å². The predicted octanol–water partition coefficient (Wildman–Crippen LogP) is 2.59. The first kappa shape index (κ1) is 10.7. The Morgan fingerprint density at radius 2 is 2.07 bits per heavy atom. The summed E-state index contributed by atoms with van der Waals surface area (Å²) in [5.74, 6) is 1.30. The van der Waals surface area contributed by atoms with Crippen molar-refractivity contribution in [3.05, 3.63) is 18.0 Å². The Balaban J connectivity index is 2.22. The molecule has 1 aliphatic rings. The van der Waals surface area contributed by atoms with Crippen LogP contribution in [-0.4, -0.2) is 22.1 Å². The fourth-order valence-electron chi connectivity index (χ4n) is 2.03. The Kier molecular flexibility index (Phi) is 2.83. The zero-order valence-electron chi connectivity index (χ0n) is 9.20. The van der Waals surface area contributed by atoms with E-state index in [4.69, 9.17) is 11.6 Å². The van der Waals surface area contributed by atoms with Gasteiger partial charge < -0.3 is 4.90 Å². The van der Waals surface area contributed by atoms with Gasteiger partial charge in [-0.25, -0.2) is 9.97 Å². The molecule has 2 rings (SSSR count). The van der Waals surface area contributed by atoms with E-state index in [-0.39, 0.29) is 5.54 Å². The van der Waals surface area contributed by atoms with E-state index in [2.05, 4.69) is 28.7 Å². The Bertz CT molecular complexity index is 334. The molecule has 1 aromatic rings. The highest BCUT2D eigenvalue weighted by Crippen LogP contribution is 2.30. The number of halogens is 1. The van der Waals surface area contributed by atoms with Crippen molar-refractivity contribution in [2.75, 3.05) is 11.4 Å². The lowest BCUT2D eigenvalue weighted by Gasteiger charge is -2.31. The third-order valence-electron chi connectivity index (χ3n) is 2.99. The molecule has 15 heavy (non-hydrogen) atoms. The van der Waals surface area contributed by atoms with E-state index in [1.807, 2.05) is 12.4 Å². The topological polar surface area (TPSA) is 29.0 Å². The van der Waals surface area contributed by atoms with Crippen molar-refractivity contribution in [3.8, 4) is 0 Å². The zero-order valence-corrected chi connectivity index (χ0v) is 9.96. The van der Waals surface area contributed by atoms with E-state index < -0.39 is 0 Å². The van der Waals surface area contributed by atoms with Gasteiger partial charge in [0.2, 0.25) is 5.95 Å². The molecule has 0 spiro atoms. The van der Waals surface area contributed by atoms with Crippen molar-refractivity contribution in [3.63, 3.8) is 0 Å². The number of aromatic nitrogens is 2. The van der Waals surface area contributed by atoms with Crippen LogP contribution in [0.3, 0.4) is 0 Å². The number of nitrogens with zero attached hydrogens (tertiary/aromatic N) is 3. The molecule has 1 saturated heterocycles. The molecular formula is C11H16ClN3. The molecule has 0 amide bonds. The van der Waals surface area contributed by atoms with Crippen LogP contribution < -0.4 is 4.90 Å². The molecule has 4 heteroatoms. The highest BCUT2D eigenvalue weighted by atomic mass is 35.5. The molecule has 1 aromatic heterocycles. The maximum atomic E-state index is 5.70. The zero-order chi connectivity index (χ0) is 10.9. The first-order valence-electron chi connectivity index (χ1n) is 5.28. The minimum absolute atomic E-state index is 0.183. The van der Waals surface area contributed by atoms with Crippen molar-refractivity contribution in [2.24, 2.45) is 0 Å². The highest BCUT2D eigenvalue weighted by Gasteiger charge is 2.33. The van der Waals surface area contributed by atoms with Crippen LogP contribution in [0.15, 0.2) is 12.4 Å². The minimum Gasteiger partial charge on any atom is -0.336 e. The Morgan fingerprint density at radius 3 is 2.53 bits per heavy atom. The van der Waals surface area contributed by atoms with Crippen LogP contribution in [0.5, 0.6) is 0 Å². The summed E-state index contributed by atoms with van der Waals surface area (Å²) in [4.78, 5) is 11.0. The summed E-state index contributed by atoms with van der Waals surface area (Å²) in [5, 5.41) is 0. The van der Waals surface area contributed by atoms with E-state index in [9.17, 15) is 0 Å². The summed E-state index contributed by atoms with van der Waals surface area (Å²) < 4.78 is 0. The number of rotatable bonds is 2. The Hall–Kier alpha value is -0.830. The normalized spacial score (nSPS) is 19.5. The third kappa shape index (κ3) is 2.07. The first-order valence-corrected chi connectivity index (χ1v) is 5.81. The lowest BCUT2D eigenvalue weighted by molar-refractivity contribution is 0.510. The molecule has 0 N–H and O–H groups in total. The summed E-state index contributed by atoms with van der Waals surface area (Å²) in [5.41, 5.74) is 1.15. The maximum Gasteiger partial charge on any atom is 0.225 e. The first-order chi connectivity index (χ1) is 7.13. The molecule has 0 radical (unpaired) electrons. The smallest absolute Gasteiger partial charge is 0.225 e. The van der Waals surface area contributed by atoms with Crippen LogP contribution in [0, 0.1) is 0 Å². The second-order valence-corrected chi connectivity index (χ2v) is 4.86. The molecule has 3 nitrogen and oxygen atoms in total. The summed E-state index contributed by atoms with van der Waals surface area (Å²) in [6.07, 6.45) is 6.04. The van der Waals surface area contributed by atoms with Crippen molar-refractivity contribution in [2.45, 2.75) is 38.1 Å². The Labute approximate surface area is 95.5 Å². The molecule has 2 heterocycles. The second-order valence-electron chi connectivity index (χ2n) is 4.59. The fourth-order valence-corrected chi connectivity index (χ4v) is 2.17. The van der Waals surface area contributed by atoms with E-state index in [1.54, 1.807) is 0 Å². The van der Waals surface area contributed by atoms with E-state index in [0.29, 0.717) is 5.88 Å². The second kappa shape index (κ2) is 3.97. The molecule has 0 aromatic carbocycles. The van der Waals surface area contributed by atoms with Gasteiger partial charge in [0.15, 0.2) is 0 Å². The molecule has 0 saturated carbocycles. The minimum atomic E-state index is 0.183. The summed E-state index contributed by atoms with van der Waals surface area (Å²) in [6, 6.07) is 0. The lowest BCUT2D eigenvalue weighted by Crippen LogP contribution is -2.39. The molecule has 0 atom stereocenters. The number of hydrogen-bond acceptors (Lipinski definition) is 3. The molecule has 82 valence electrons. The van der Waals surface area contributed by atoms with Gasteiger partial charge in [-0.2, -0.15) is 0 Å². The van der Waals surface area contributed by atoms with Gasteiger partial charge in [-0.15, -0.1) is 11.6 Å². The van der Waals surface area contributed by atoms with Crippen molar-refractivity contribution in [1.29, 1.82) is 0 Å². The van der Waals surface area contributed by atoms with Gasteiger partial charge in [-0.1, -0.05) is 0 Å². The van der Waals surface area contributed by atoms with Gasteiger partial charge in [0.1, 0.15) is 0 Å². The van der Waals surface area contributed by atoms with Gasteiger partial charge in [-0.3, -0.25) is 0 Å². The number of anilines is 1. The van der Waals surface area contributed by atoms with Crippen LogP contribution >= 0.6 is 11.6 Å². The number of hydrogen-bond donors (Lipinski definition) is 0. The van der Waals surface area contributed by atoms with Gasteiger partial charge in [0.05, 0.1) is 5.88 Å². The third-order valence-corrected chi connectivity index (χ3v) is 3.30. The van der Waals surface area contributed by atoms with Crippen LogP contribution in [0.1, 0.15) is 32.3 Å². The van der Waals surface area contributed by atoms with Gasteiger partial charge in [0, 0.05) is 30.0 Å². The standard InChI is InChI=1S/C11H16ClN3/c1-11(2)4-3-5-15(11)10-13-7-9(6-12)8-14-10/h7-8H,3-6H2,1-2H3.